The summed E-state index contributed by atoms with van der Waals surface area (Å²) in [5.74, 6) is 0. The van der Waals surface area contributed by atoms with Gasteiger partial charge in [0.15, 0.2) is 0 Å². The lowest BCUT2D eigenvalue weighted by Crippen LogP contribution is -2.33. The molecule has 0 N–H and O–H groups in total. The highest BCUT2D eigenvalue weighted by atomic mass is 16.2. The molecule has 0 atom stereocenters. The highest BCUT2D eigenvalue weighted by Crippen LogP contribution is 2.45. The van der Waals surface area contributed by atoms with Crippen molar-refractivity contribution in [2.75, 3.05) is 0 Å². The molecule has 0 aromatic heterocycles. The number of hydrogen-bond donors (Lipinski definition) is 0. The van der Waals surface area contributed by atoms with Crippen molar-refractivity contribution in [3.05, 3.63) is 35.4 Å². The van der Waals surface area contributed by atoms with E-state index in [9.17, 15) is 0 Å². The van der Waals surface area contributed by atoms with Gasteiger partial charge >= 0.3 is 6.15 Å². The normalized spacial score (nSPS) is 19.3. The Balaban J connectivity index is 0.000000437. The molecule has 0 saturated heterocycles. The van der Waals surface area contributed by atoms with Crippen molar-refractivity contribution >= 4 is 6.15 Å². The third kappa shape index (κ3) is 2.83. The summed E-state index contributed by atoms with van der Waals surface area (Å²) in [5, 5.41) is 0. The Morgan fingerprint density at radius 1 is 0.882 bits per heavy atom. The molecule has 1 aliphatic carbocycles. The van der Waals surface area contributed by atoms with E-state index >= 15 is 0 Å². The first kappa shape index (κ1) is 13.7. The van der Waals surface area contributed by atoms with Gasteiger partial charge in [0.25, 0.3) is 0 Å². The summed E-state index contributed by atoms with van der Waals surface area (Å²) in [6, 6.07) is 8.94. The second-order valence-electron chi connectivity index (χ2n) is 5.90. The van der Waals surface area contributed by atoms with E-state index in [2.05, 4.69) is 52.0 Å². The maximum atomic E-state index is 8.12. The standard InChI is InChI=1S/C14H20.CO2/c1-13(2)9-10-14(3,4)12-8-6-5-7-11(12)13;2-1-3/h5-8H,9-10H2,1-4H3;. The summed E-state index contributed by atoms with van der Waals surface area (Å²) in [6.45, 7) is 9.45. The Kier molecular flexibility index (Phi) is 3.90. The third-order valence-electron chi connectivity index (χ3n) is 3.76. The fourth-order valence-corrected chi connectivity index (χ4v) is 2.56. The molecule has 17 heavy (non-hydrogen) atoms. The van der Waals surface area contributed by atoms with Crippen molar-refractivity contribution in [2.45, 2.75) is 51.4 Å². The van der Waals surface area contributed by atoms with Gasteiger partial charge in [-0.2, -0.15) is 9.59 Å². The first-order valence-electron chi connectivity index (χ1n) is 5.94. The van der Waals surface area contributed by atoms with E-state index < -0.39 is 0 Å². The Morgan fingerprint density at radius 2 is 1.18 bits per heavy atom. The quantitative estimate of drug-likeness (QED) is 0.686. The molecule has 0 aliphatic heterocycles. The number of hydrogen-bond acceptors (Lipinski definition) is 2. The van der Waals surface area contributed by atoms with E-state index in [0.717, 1.165) is 0 Å². The molecule has 0 fully saturated rings. The zero-order chi connectivity index (χ0) is 13.1. The van der Waals surface area contributed by atoms with Crippen LogP contribution in [0.25, 0.3) is 0 Å². The van der Waals surface area contributed by atoms with Gasteiger partial charge in [0, 0.05) is 0 Å². The van der Waals surface area contributed by atoms with Crippen LogP contribution in [0.15, 0.2) is 24.3 Å². The molecule has 2 nitrogen and oxygen atoms in total. The molecule has 0 saturated carbocycles. The van der Waals surface area contributed by atoms with Crippen LogP contribution < -0.4 is 0 Å². The zero-order valence-electron chi connectivity index (χ0n) is 11.0. The number of fused-ring (bicyclic) bond motifs is 1. The number of benzene rings is 1. The van der Waals surface area contributed by atoms with Crippen molar-refractivity contribution in [3.8, 4) is 0 Å². The summed E-state index contributed by atoms with van der Waals surface area (Å²) in [6.07, 6.45) is 2.86. The van der Waals surface area contributed by atoms with E-state index in [-0.39, 0.29) is 6.15 Å². The van der Waals surface area contributed by atoms with Crippen LogP contribution in [-0.2, 0) is 20.4 Å². The molecule has 0 spiro atoms. The lowest BCUT2D eigenvalue weighted by Gasteiger charge is -2.41. The Hall–Kier alpha value is -1.40. The number of carbonyl (C=O) groups excluding carboxylic acids is 2. The molecule has 0 radical (unpaired) electrons. The van der Waals surface area contributed by atoms with Crippen LogP contribution in [0.3, 0.4) is 0 Å². The summed E-state index contributed by atoms with van der Waals surface area (Å²) in [5.41, 5.74) is 3.84. The van der Waals surface area contributed by atoms with E-state index in [4.69, 9.17) is 9.59 Å². The van der Waals surface area contributed by atoms with Gasteiger partial charge in [-0.15, -0.1) is 0 Å². The maximum Gasteiger partial charge on any atom is 0.373 e. The van der Waals surface area contributed by atoms with E-state index in [1.165, 1.54) is 12.8 Å². The van der Waals surface area contributed by atoms with Crippen LogP contribution >= 0.6 is 0 Å². The molecular weight excluding hydrogens is 212 g/mol. The average molecular weight is 232 g/mol. The minimum Gasteiger partial charge on any atom is -0.186 e. The van der Waals surface area contributed by atoms with Crippen LogP contribution in [0.1, 0.15) is 51.7 Å². The molecule has 1 aromatic carbocycles. The van der Waals surface area contributed by atoms with Gasteiger partial charge in [0.05, 0.1) is 0 Å². The van der Waals surface area contributed by atoms with Crippen molar-refractivity contribution in [3.63, 3.8) is 0 Å². The topological polar surface area (TPSA) is 34.1 Å². The molecule has 0 amide bonds. The highest BCUT2D eigenvalue weighted by Gasteiger charge is 2.36. The SMILES string of the molecule is CC1(C)CCC(C)(C)c2ccccc21.O=C=O. The van der Waals surface area contributed by atoms with Gasteiger partial charge < -0.3 is 0 Å². The van der Waals surface area contributed by atoms with Gasteiger partial charge in [-0.1, -0.05) is 52.0 Å². The van der Waals surface area contributed by atoms with Crippen molar-refractivity contribution in [2.24, 2.45) is 0 Å². The highest BCUT2D eigenvalue weighted by molar-refractivity contribution is 5.40. The van der Waals surface area contributed by atoms with Gasteiger partial charge in [-0.3, -0.25) is 0 Å². The molecule has 92 valence electrons. The van der Waals surface area contributed by atoms with Crippen molar-refractivity contribution < 1.29 is 9.59 Å². The van der Waals surface area contributed by atoms with Crippen LogP contribution in [-0.4, -0.2) is 6.15 Å². The van der Waals surface area contributed by atoms with Gasteiger partial charge in [0.2, 0.25) is 0 Å². The van der Waals surface area contributed by atoms with Gasteiger partial charge in [0.1, 0.15) is 0 Å². The largest absolute Gasteiger partial charge is 0.373 e. The van der Waals surface area contributed by atoms with Gasteiger partial charge in [-0.25, -0.2) is 0 Å². The van der Waals surface area contributed by atoms with E-state index in [0.29, 0.717) is 10.8 Å². The van der Waals surface area contributed by atoms with Gasteiger partial charge in [-0.05, 0) is 34.8 Å². The number of rotatable bonds is 0. The molecule has 0 unspecified atom stereocenters. The Labute approximate surface area is 103 Å². The summed E-state index contributed by atoms with van der Waals surface area (Å²) in [4.78, 5) is 16.2. The van der Waals surface area contributed by atoms with Crippen LogP contribution in [0.5, 0.6) is 0 Å². The Morgan fingerprint density at radius 3 is 1.47 bits per heavy atom. The predicted octanol–water partition coefficient (Wildman–Crippen LogP) is 3.45. The monoisotopic (exact) mass is 232 g/mol. The first-order valence-corrected chi connectivity index (χ1v) is 5.94. The fourth-order valence-electron chi connectivity index (χ4n) is 2.56. The van der Waals surface area contributed by atoms with Crippen molar-refractivity contribution in [1.29, 1.82) is 0 Å². The zero-order valence-corrected chi connectivity index (χ0v) is 11.0. The minimum atomic E-state index is 0.250. The predicted molar refractivity (Wildman–Crippen MR) is 66.7 cm³/mol. The van der Waals surface area contributed by atoms with Crippen LogP contribution in [0.4, 0.5) is 0 Å². The minimum absolute atomic E-state index is 0.250. The third-order valence-corrected chi connectivity index (χ3v) is 3.76. The molecular formula is C15H20O2. The van der Waals surface area contributed by atoms with Crippen molar-refractivity contribution in [1.82, 2.24) is 0 Å². The molecule has 0 bridgehead atoms. The fraction of sp³-hybridized carbons (Fsp3) is 0.533. The van der Waals surface area contributed by atoms with E-state index in [1.807, 2.05) is 0 Å². The smallest absolute Gasteiger partial charge is 0.186 e. The van der Waals surface area contributed by atoms with Crippen LogP contribution in [0.2, 0.25) is 0 Å². The molecule has 1 aliphatic rings. The summed E-state index contributed by atoms with van der Waals surface area (Å²) in [7, 11) is 0. The maximum absolute atomic E-state index is 8.12. The summed E-state index contributed by atoms with van der Waals surface area (Å²) >= 11 is 0. The molecule has 0 heterocycles. The first-order chi connectivity index (χ1) is 7.85. The second-order valence-corrected chi connectivity index (χ2v) is 5.90. The molecule has 2 heteroatoms. The lowest BCUT2D eigenvalue weighted by molar-refractivity contribution is -0.191. The molecule has 2 rings (SSSR count). The summed E-state index contributed by atoms with van der Waals surface area (Å²) < 4.78 is 0. The Bertz CT molecular complexity index is 389. The average Bonchev–Trinajstić information content (AvgIpc) is 2.27. The van der Waals surface area contributed by atoms with Crippen LogP contribution in [0, 0.1) is 0 Å². The lowest BCUT2D eigenvalue weighted by atomic mass is 9.63. The second kappa shape index (κ2) is 4.85. The van der Waals surface area contributed by atoms with E-state index in [1.54, 1.807) is 11.1 Å². The molecule has 1 aromatic rings.